The molecule has 0 aliphatic heterocycles. The molecule has 0 spiro atoms. The number of nitrogens with zero attached hydrogens (tertiary/aromatic N) is 2. The Morgan fingerprint density at radius 2 is 2.11 bits per heavy atom. The Kier molecular flexibility index (Phi) is 2.40. The van der Waals surface area contributed by atoms with Crippen LogP contribution in [0.1, 0.15) is 27.2 Å². The number of hydrogen-bond acceptors (Lipinski definition) is 2. The highest BCUT2D eigenvalue weighted by molar-refractivity contribution is 6.15. The summed E-state index contributed by atoms with van der Waals surface area (Å²) < 4.78 is 1.77. The first-order valence-corrected chi connectivity index (χ1v) is 5.98. The Balaban J connectivity index is 2.02. The number of carbonyl (C=O) groups is 1. The van der Waals surface area contributed by atoms with Crippen LogP contribution in [0, 0.1) is 6.92 Å². The topological polar surface area (TPSA) is 34.9 Å². The predicted molar refractivity (Wildman–Crippen MR) is 70.4 cm³/mol. The van der Waals surface area contributed by atoms with Crippen LogP contribution in [-0.2, 0) is 13.5 Å². The Bertz CT molecular complexity index is 665. The Morgan fingerprint density at radius 3 is 2.78 bits per heavy atom. The summed E-state index contributed by atoms with van der Waals surface area (Å²) >= 11 is 0. The summed E-state index contributed by atoms with van der Waals surface area (Å²) in [6, 6.07) is 7.80. The average molecular weight is 238 g/mol. The van der Waals surface area contributed by atoms with Gasteiger partial charge in [-0.1, -0.05) is 24.3 Å². The third-order valence-electron chi connectivity index (χ3n) is 3.32. The molecule has 1 heterocycles. The van der Waals surface area contributed by atoms with Gasteiger partial charge in [0, 0.05) is 36.4 Å². The average Bonchev–Trinajstić information content (AvgIpc) is 2.82. The van der Waals surface area contributed by atoms with Crippen molar-refractivity contribution in [3.63, 3.8) is 0 Å². The van der Waals surface area contributed by atoms with Crippen molar-refractivity contribution in [2.75, 3.05) is 0 Å². The molecule has 3 heteroatoms. The smallest absolute Gasteiger partial charge is 0.189 e. The van der Waals surface area contributed by atoms with Gasteiger partial charge in [-0.2, -0.15) is 5.10 Å². The zero-order chi connectivity index (χ0) is 12.7. The molecule has 0 unspecified atom stereocenters. The molecule has 1 aromatic carbocycles. The first kappa shape index (κ1) is 11.0. The summed E-state index contributed by atoms with van der Waals surface area (Å²) in [6.07, 6.45) is 4.63. The van der Waals surface area contributed by atoms with Crippen molar-refractivity contribution in [1.82, 2.24) is 9.78 Å². The molecule has 0 saturated carbocycles. The number of benzene rings is 1. The second-order valence-electron chi connectivity index (χ2n) is 4.68. The Morgan fingerprint density at radius 1 is 1.33 bits per heavy atom. The minimum atomic E-state index is 0.147. The summed E-state index contributed by atoms with van der Waals surface area (Å²) in [6.45, 7) is 1.96. The van der Waals surface area contributed by atoms with E-state index in [4.69, 9.17) is 0 Å². The number of ketones is 1. The zero-order valence-corrected chi connectivity index (χ0v) is 10.5. The molecule has 0 N–H and O–H groups in total. The molecule has 0 bridgehead atoms. The van der Waals surface area contributed by atoms with Crippen molar-refractivity contribution < 1.29 is 4.79 Å². The lowest BCUT2D eigenvalue weighted by Gasteiger charge is -1.94. The van der Waals surface area contributed by atoms with Crippen molar-refractivity contribution in [1.29, 1.82) is 0 Å². The number of Topliss-reactive ketones (excluding diaryl/α,β-unsaturated/α-hetero) is 1. The van der Waals surface area contributed by atoms with Gasteiger partial charge in [-0.3, -0.25) is 9.48 Å². The van der Waals surface area contributed by atoms with E-state index >= 15 is 0 Å². The highest BCUT2D eigenvalue weighted by Crippen LogP contribution is 2.27. The van der Waals surface area contributed by atoms with Crippen molar-refractivity contribution >= 4 is 11.9 Å². The lowest BCUT2D eigenvalue weighted by Crippen LogP contribution is -1.95. The van der Waals surface area contributed by atoms with Crippen LogP contribution in [0.5, 0.6) is 0 Å². The van der Waals surface area contributed by atoms with Crippen molar-refractivity contribution in [3.8, 4) is 0 Å². The number of allylic oxidation sites excluding steroid dienone is 1. The third-order valence-corrected chi connectivity index (χ3v) is 3.32. The maximum atomic E-state index is 12.2. The maximum Gasteiger partial charge on any atom is 0.189 e. The lowest BCUT2D eigenvalue weighted by molar-refractivity contribution is 0.104. The second kappa shape index (κ2) is 3.95. The van der Waals surface area contributed by atoms with Gasteiger partial charge in [0.15, 0.2) is 5.78 Å². The number of aryl methyl sites for hydroxylation is 2. The zero-order valence-electron chi connectivity index (χ0n) is 10.5. The normalized spacial score (nSPS) is 16.3. The summed E-state index contributed by atoms with van der Waals surface area (Å²) in [7, 11) is 1.89. The summed E-state index contributed by atoms with van der Waals surface area (Å²) in [5, 5.41) is 4.29. The quantitative estimate of drug-likeness (QED) is 0.716. The molecule has 18 heavy (non-hydrogen) atoms. The number of carbonyl (C=O) groups excluding carboxylic acids is 1. The van der Waals surface area contributed by atoms with E-state index in [2.05, 4.69) is 5.10 Å². The summed E-state index contributed by atoms with van der Waals surface area (Å²) in [4.78, 5) is 12.2. The largest absolute Gasteiger partial charge is 0.289 e. The van der Waals surface area contributed by atoms with Crippen LogP contribution in [0.25, 0.3) is 6.08 Å². The molecule has 0 atom stereocenters. The van der Waals surface area contributed by atoms with Crippen LogP contribution < -0.4 is 0 Å². The van der Waals surface area contributed by atoms with Crippen LogP contribution in [-0.4, -0.2) is 15.6 Å². The van der Waals surface area contributed by atoms with Gasteiger partial charge < -0.3 is 0 Å². The van der Waals surface area contributed by atoms with E-state index < -0.39 is 0 Å². The molecule has 0 saturated heterocycles. The van der Waals surface area contributed by atoms with E-state index in [1.807, 2.05) is 50.5 Å². The fraction of sp³-hybridized carbons (Fsp3) is 0.200. The maximum absolute atomic E-state index is 12.2. The summed E-state index contributed by atoms with van der Waals surface area (Å²) in [5.74, 6) is 0.147. The number of aromatic nitrogens is 2. The Hall–Kier alpha value is -2.16. The van der Waals surface area contributed by atoms with Crippen LogP contribution >= 0.6 is 0 Å². The lowest BCUT2D eigenvalue weighted by atomic mass is 10.1. The Labute approximate surface area is 106 Å². The third kappa shape index (κ3) is 1.68. The van der Waals surface area contributed by atoms with Crippen LogP contribution in [0.2, 0.25) is 0 Å². The number of fused-ring (bicyclic) bond motifs is 1. The van der Waals surface area contributed by atoms with Crippen LogP contribution in [0.3, 0.4) is 0 Å². The highest BCUT2D eigenvalue weighted by atomic mass is 16.1. The van der Waals surface area contributed by atoms with Gasteiger partial charge in [-0.25, -0.2) is 0 Å². The van der Waals surface area contributed by atoms with Crippen molar-refractivity contribution in [2.45, 2.75) is 13.3 Å². The highest BCUT2D eigenvalue weighted by Gasteiger charge is 2.24. The van der Waals surface area contributed by atoms with Crippen LogP contribution in [0.15, 0.2) is 36.0 Å². The SMILES string of the molecule is Cc1nn(C)cc1/C=C1\Cc2ccccc2C1=O. The van der Waals surface area contributed by atoms with Gasteiger partial charge in [0.2, 0.25) is 0 Å². The van der Waals surface area contributed by atoms with E-state index in [1.54, 1.807) is 4.68 Å². The van der Waals surface area contributed by atoms with E-state index in [0.29, 0.717) is 0 Å². The van der Waals surface area contributed by atoms with Gasteiger partial charge in [-0.15, -0.1) is 0 Å². The van der Waals surface area contributed by atoms with Gasteiger partial charge in [0.05, 0.1) is 5.69 Å². The molecule has 2 aromatic rings. The standard InChI is InChI=1S/C15H14N2O/c1-10-13(9-17(2)16-10)8-12-7-11-5-3-4-6-14(11)15(12)18/h3-6,8-9H,7H2,1-2H3/b12-8+. The van der Waals surface area contributed by atoms with Crippen LogP contribution in [0.4, 0.5) is 0 Å². The van der Waals surface area contributed by atoms with Gasteiger partial charge in [-0.05, 0) is 18.6 Å². The van der Waals surface area contributed by atoms with E-state index in [0.717, 1.165) is 34.4 Å². The van der Waals surface area contributed by atoms with Crippen molar-refractivity contribution in [3.05, 3.63) is 58.4 Å². The molecular weight excluding hydrogens is 224 g/mol. The van der Waals surface area contributed by atoms with Gasteiger partial charge >= 0.3 is 0 Å². The van der Waals surface area contributed by atoms with E-state index in [-0.39, 0.29) is 5.78 Å². The fourth-order valence-electron chi connectivity index (χ4n) is 2.42. The van der Waals surface area contributed by atoms with E-state index in [9.17, 15) is 4.79 Å². The van der Waals surface area contributed by atoms with Crippen molar-refractivity contribution in [2.24, 2.45) is 7.05 Å². The second-order valence-corrected chi connectivity index (χ2v) is 4.68. The molecule has 1 aliphatic rings. The molecule has 1 aliphatic carbocycles. The molecule has 0 radical (unpaired) electrons. The molecule has 1 aromatic heterocycles. The molecule has 0 fully saturated rings. The molecular formula is C15H14N2O. The van der Waals surface area contributed by atoms with E-state index in [1.165, 1.54) is 0 Å². The van der Waals surface area contributed by atoms with Gasteiger partial charge in [0.25, 0.3) is 0 Å². The predicted octanol–water partition coefficient (Wildman–Crippen LogP) is 2.55. The minimum Gasteiger partial charge on any atom is -0.289 e. The first-order valence-electron chi connectivity index (χ1n) is 5.98. The molecule has 0 amide bonds. The molecule has 90 valence electrons. The summed E-state index contributed by atoms with van der Waals surface area (Å²) in [5.41, 5.74) is 4.79. The number of rotatable bonds is 1. The molecule has 3 rings (SSSR count). The number of hydrogen-bond donors (Lipinski definition) is 0. The minimum absolute atomic E-state index is 0.147. The monoisotopic (exact) mass is 238 g/mol. The molecule has 3 nitrogen and oxygen atoms in total. The fourth-order valence-corrected chi connectivity index (χ4v) is 2.42. The van der Waals surface area contributed by atoms with Gasteiger partial charge in [0.1, 0.15) is 0 Å². The first-order chi connectivity index (χ1) is 8.65.